The molecule has 0 atom stereocenters. The van der Waals surface area contributed by atoms with E-state index < -0.39 is 33.6 Å². The van der Waals surface area contributed by atoms with Crippen LogP contribution in [0.5, 0.6) is 5.75 Å². The van der Waals surface area contributed by atoms with Gasteiger partial charge in [0.05, 0.1) is 17.9 Å². The number of sulfonamides is 1. The molecular weight excluding hydrogens is 451 g/mol. The van der Waals surface area contributed by atoms with Crippen molar-refractivity contribution >= 4 is 21.6 Å². The van der Waals surface area contributed by atoms with Crippen LogP contribution in [0.25, 0.3) is 0 Å². The first-order valence-corrected chi connectivity index (χ1v) is 11.5. The second-order valence-corrected chi connectivity index (χ2v) is 9.34. The van der Waals surface area contributed by atoms with Crippen LogP contribution in [0.4, 0.5) is 18.9 Å². The third-order valence-electron chi connectivity index (χ3n) is 5.26. The molecule has 0 bridgehead atoms. The van der Waals surface area contributed by atoms with Crippen molar-refractivity contribution in [3.63, 3.8) is 0 Å². The predicted molar refractivity (Wildman–Crippen MR) is 109 cm³/mol. The quantitative estimate of drug-likeness (QED) is 0.683. The highest BCUT2D eigenvalue weighted by Crippen LogP contribution is 2.36. The molecule has 0 spiro atoms. The van der Waals surface area contributed by atoms with Crippen LogP contribution >= 0.6 is 0 Å². The number of aromatic nitrogens is 1. The topological polar surface area (TPSA) is 102 Å². The number of piperidine rings is 1. The molecule has 1 aromatic carbocycles. The van der Waals surface area contributed by atoms with Crippen molar-refractivity contribution in [1.29, 1.82) is 0 Å². The zero-order valence-corrected chi connectivity index (χ0v) is 18.6. The van der Waals surface area contributed by atoms with Crippen LogP contribution in [0, 0.1) is 19.8 Å². The Morgan fingerprint density at radius 2 is 1.94 bits per heavy atom. The molecule has 0 saturated carbocycles. The Morgan fingerprint density at radius 1 is 1.28 bits per heavy atom. The highest BCUT2D eigenvalue weighted by atomic mass is 32.2. The smallest absolute Gasteiger partial charge is 0.416 e. The number of anilines is 1. The fraction of sp³-hybridized carbons (Fsp3) is 0.500. The first-order chi connectivity index (χ1) is 14.9. The summed E-state index contributed by atoms with van der Waals surface area (Å²) >= 11 is 0. The van der Waals surface area contributed by atoms with E-state index >= 15 is 0 Å². The van der Waals surface area contributed by atoms with Gasteiger partial charge in [-0.2, -0.15) is 17.5 Å². The minimum atomic E-state index is -4.57. The van der Waals surface area contributed by atoms with Gasteiger partial charge in [0.25, 0.3) is 0 Å². The van der Waals surface area contributed by atoms with Crippen molar-refractivity contribution < 1.29 is 35.6 Å². The number of benzene rings is 1. The molecule has 1 aliphatic rings. The summed E-state index contributed by atoms with van der Waals surface area (Å²) < 4.78 is 76.6. The Labute approximate surface area is 183 Å². The van der Waals surface area contributed by atoms with Gasteiger partial charge in [-0.25, -0.2) is 8.42 Å². The van der Waals surface area contributed by atoms with Gasteiger partial charge in [-0.3, -0.25) is 4.79 Å². The summed E-state index contributed by atoms with van der Waals surface area (Å²) in [7, 11) is -3.82. The number of amides is 1. The average molecular weight is 475 g/mol. The molecule has 32 heavy (non-hydrogen) atoms. The lowest BCUT2D eigenvalue weighted by molar-refractivity contribution is -0.137. The summed E-state index contributed by atoms with van der Waals surface area (Å²) in [6, 6.07) is 2.89. The molecule has 0 aliphatic carbocycles. The first kappa shape index (κ1) is 24.1. The Bertz CT molecular complexity index is 1070. The second-order valence-electron chi connectivity index (χ2n) is 7.46. The van der Waals surface area contributed by atoms with Crippen molar-refractivity contribution in [2.45, 2.75) is 44.7 Å². The third-order valence-corrected chi connectivity index (χ3v) is 7.40. The number of nitrogens with zero attached hydrogens (tertiary/aromatic N) is 2. The standard InChI is InChI=1S/C20H24F3N3O5S/c1-4-30-17-6-5-15(20(21,22)23)11-16(17)24-19(27)14-7-9-26(10-8-14)32(28,29)18-12(2)25-31-13(18)3/h5-6,11,14H,4,7-10H2,1-3H3,(H,24,27). The van der Waals surface area contributed by atoms with Crippen molar-refractivity contribution in [3.8, 4) is 5.75 Å². The molecule has 1 fully saturated rings. The number of hydrogen-bond donors (Lipinski definition) is 1. The van der Waals surface area contributed by atoms with E-state index in [1.54, 1.807) is 6.92 Å². The second kappa shape index (κ2) is 9.10. The molecule has 0 radical (unpaired) electrons. The van der Waals surface area contributed by atoms with E-state index in [9.17, 15) is 26.4 Å². The van der Waals surface area contributed by atoms with Crippen LogP contribution in [0.1, 0.15) is 36.8 Å². The SMILES string of the molecule is CCOc1ccc(C(F)(F)F)cc1NC(=O)C1CCN(S(=O)(=O)c2c(C)noc2C)CC1. The van der Waals surface area contributed by atoms with Gasteiger partial charge in [-0.15, -0.1) is 0 Å². The number of ether oxygens (including phenoxy) is 1. The zero-order valence-electron chi connectivity index (χ0n) is 17.8. The summed E-state index contributed by atoms with van der Waals surface area (Å²) in [5.41, 5.74) is -0.718. The van der Waals surface area contributed by atoms with Crippen molar-refractivity contribution in [3.05, 3.63) is 35.2 Å². The number of rotatable bonds is 6. The lowest BCUT2D eigenvalue weighted by atomic mass is 9.97. The third kappa shape index (κ3) is 4.90. The van der Waals surface area contributed by atoms with Crippen LogP contribution in [0.3, 0.4) is 0 Å². The number of nitrogens with one attached hydrogen (secondary N) is 1. The highest BCUT2D eigenvalue weighted by Gasteiger charge is 2.36. The molecule has 1 saturated heterocycles. The van der Waals surface area contributed by atoms with E-state index in [4.69, 9.17) is 9.26 Å². The largest absolute Gasteiger partial charge is 0.492 e. The number of hydrogen-bond acceptors (Lipinski definition) is 6. The molecular formula is C20H24F3N3O5S. The maximum Gasteiger partial charge on any atom is 0.416 e. The Kier molecular flexibility index (Phi) is 6.84. The summed E-state index contributed by atoms with van der Waals surface area (Å²) in [5.74, 6) is -0.725. The lowest BCUT2D eigenvalue weighted by Gasteiger charge is -2.30. The summed E-state index contributed by atoms with van der Waals surface area (Å²) in [4.78, 5) is 12.8. The first-order valence-electron chi connectivity index (χ1n) is 10.0. The zero-order chi connectivity index (χ0) is 23.7. The van der Waals surface area contributed by atoms with Crippen LogP contribution in [0.15, 0.2) is 27.6 Å². The lowest BCUT2D eigenvalue weighted by Crippen LogP contribution is -2.41. The van der Waals surface area contributed by atoms with Gasteiger partial charge in [-0.05, 0) is 51.8 Å². The molecule has 176 valence electrons. The van der Waals surface area contributed by atoms with E-state index in [-0.39, 0.29) is 60.3 Å². The Balaban J connectivity index is 1.71. The Morgan fingerprint density at radius 3 is 2.47 bits per heavy atom. The molecule has 1 amide bonds. The summed E-state index contributed by atoms with van der Waals surface area (Å²) in [5, 5.41) is 6.20. The normalized spacial score (nSPS) is 16.2. The Hall–Kier alpha value is -2.60. The molecule has 3 rings (SSSR count). The van der Waals surface area contributed by atoms with Crippen molar-refractivity contribution in [2.24, 2.45) is 5.92 Å². The van der Waals surface area contributed by atoms with Gasteiger partial charge >= 0.3 is 6.18 Å². The average Bonchev–Trinajstić information content (AvgIpc) is 3.07. The molecule has 1 aliphatic heterocycles. The maximum atomic E-state index is 13.1. The van der Waals surface area contributed by atoms with Gasteiger partial charge in [0.15, 0.2) is 5.76 Å². The molecule has 2 heterocycles. The number of halogens is 3. The number of alkyl halides is 3. The molecule has 8 nitrogen and oxygen atoms in total. The van der Waals surface area contributed by atoms with E-state index in [0.29, 0.717) is 0 Å². The molecule has 1 aromatic heterocycles. The predicted octanol–water partition coefficient (Wildman–Crippen LogP) is 3.75. The summed E-state index contributed by atoms with van der Waals surface area (Å²) in [6.45, 7) is 5.12. The monoisotopic (exact) mass is 475 g/mol. The van der Waals surface area contributed by atoms with Crippen molar-refractivity contribution in [1.82, 2.24) is 9.46 Å². The van der Waals surface area contributed by atoms with Gasteiger partial charge in [-0.1, -0.05) is 5.16 Å². The van der Waals surface area contributed by atoms with Crippen LogP contribution in [0.2, 0.25) is 0 Å². The van der Waals surface area contributed by atoms with Crippen LogP contribution in [-0.4, -0.2) is 43.5 Å². The van der Waals surface area contributed by atoms with Gasteiger partial charge in [0, 0.05) is 19.0 Å². The van der Waals surface area contributed by atoms with Gasteiger partial charge in [0.1, 0.15) is 16.3 Å². The number of carbonyl (C=O) groups is 1. The molecule has 12 heteroatoms. The number of aryl methyl sites for hydroxylation is 2. The van der Waals surface area contributed by atoms with Gasteiger partial charge in [0.2, 0.25) is 15.9 Å². The van der Waals surface area contributed by atoms with E-state index in [1.807, 2.05) is 0 Å². The minimum absolute atomic E-state index is 0.0192. The van der Waals surface area contributed by atoms with Gasteiger partial charge < -0.3 is 14.6 Å². The van der Waals surface area contributed by atoms with Crippen LogP contribution in [-0.2, 0) is 21.0 Å². The molecule has 1 N–H and O–H groups in total. The molecule has 0 unspecified atom stereocenters. The fourth-order valence-electron chi connectivity index (χ4n) is 3.65. The summed E-state index contributed by atoms with van der Waals surface area (Å²) in [6.07, 6.45) is -4.13. The van der Waals surface area contributed by atoms with Crippen molar-refractivity contribution in [2.75, 3.05) is 25.0 Å². The number of carbonyl (C=O) groups excluding carboxylic acids is 1. The minimum Gasteiger partial charge on any atom is -0.492 e. The molecule has 2 aromatic rings. The maximum absolute atomic E-state index is 13.1. The highest BCUT2D eigenvalue weighted by molar-refractivity contribution is 7.89. The fourth-order valence-corrected chi connectivity index (χ4v) is 5.41. The van der Waals surface area contributed by atoms with E-state index in [1.165, 1.54) is 24.2 Å². The van der Waals surface area contributed by atoms with E-state index in [2.05, 4.69) is 10.5 Å². The van der Waals surface area contributed by atoms with Crippen LogP contribution < -0.4 is 10.1 Å². The van der Waals surface area contributed by atoms with E-state index in [0.717, 1.165) is 12.1 Å².